The lowest BCUT2D eigenvalue weighted by atomic mass is 10.1. The number of aryl methyl sites for hydroxylation is 1. The number of anilines is 1. The number of amides is 2. The van der Waals surface area contributed by atoms with Crippen molar-refractivity contribution in [3.05, 3.63) is 88.9 Å². The van der Waals surface area contributed by atoms with Crippen molar-refractivity contribution in [3.8, 4) is 5.75 Å². The largest absolute Gasteiger partial charge is 0.497 e. The Kier molecular flexibility index (Phi) is 11.6. The van der Waals surface area contributed by atoms with Gasteiger partial charge in [-0.25, -0.2) is 8.42 Å². The number of sulfonamides is 1. The van der Waals surface area contributed by atoms with Crippen molar-refractivity contribution in [2.75, 3.05) is 24.5 Å². The van der Waals surface area contributed by atoms with Crippen LogP contribution < -0.4 is 14.4 Å². The van der Waals surface area contributed by atoms with Gasteiger partial charge in [-0.15, -0.1) is 0 Å². The van der Waals surface area contributed by atoms with Crippen molar-refractivity contribution in [2.45, 2.75) is 57.5 Å². The molecule has 1 unspecified atom stereocenters. The first-order chi connectivity index (χ1) is 19.6. The summed E-state index contributed by atoms with van der Waals surface area (Å²) in [6.07, 6.45) is 2.09. The minimum Gasteiger partial charge on any atom is -0.497 e. The van der Waals surface area contributed by atoms with E-state index in [1.165, 1.54) is 29.2 Å². The Morgan fingerprint density at radius 2 is 1.63 bits per heavy atom. The summed E-state index contributed by atoms with van der Waals surface area (Å²) in [6.45, 7) is 5.77. The Bertz CT molecular complexity index is 1410. The first-order valence-corrected chi connectivity index (χ1v) is 15.5. The van der Waals surface area contributed by atoms with E-state index in [-0.39, 0.29) is 17.3 Å². The van der Waals surface area contributed by atoms with E-state index in [0.29, 0.717) is 35.0 Å². The van der Waals surface area contributed by atoms with E-state index in [2.05, 4.69) is 5.32 Å². The summed E-state index contributed by atoms with van der Waals surface area (Å²) < 4.78 is 34.3. The van der Waals surface area contributed by atoms with E-state index >= 15 is 0 Å². The van der Waals surface area contributed by atoms with Crippen LogP contribution in [-0.4, -0.2) is 51.4 Å². The van der Waals surface area contributed by atoms with Gasteiger partial charge in [0.05, 0.1) is 17.7 Å². The maximum Gasteiger partial charge on any atom is 0.264 e. The smallest absolute Gasteiger partial charge is 0.264 e. The second-order valence-corrected chi connectivity index (χ2v) is 12.0. The van der Waals surface area contributed by atoms with E-state index in [1.54, 1.807) is 50.4 Å². The highest BCUT2D eigenvalue weighted by atomic mass is 35.5. The zero-order chi connectivity index (χ0) is 30.0. The first kappa shape index (κ1) is 32.0. The number of para-hydroxylation sites is 1. The fraction of sp³-hybridized carbons (Fsp3) is 0.355. The minimum absolute atomic E-state index is 0.00371. The molecule has 1 N–H and O–H groups in total. The van der Waals surface area contributed by atoms with Gasteiger partial charge in [-0.2, -0.15) is 0 Å². The maximum atomic E-state index is 14.1. The molecule has 0 fully saturated rings. The van der Waals surface area contributed by atoms with Crippen LogP contribution in [0.1, 0.15) is 44.2 Å². The Morgan fingerprint density at radius 1 is 0.976 bits per heavy atom. The second kappa shape index (κ2) is 14.9. The second-order valence-electron chi connectivity index (χ2n) is 9.69. The number of unbranched alkanes of at least 4 members (excludes halogenated alkanes) is 1. The van der Waals surface area contributed by atoms with E-state index in [1.807, 2.05) is 26.0 Å². The molecule has 0 bridgehead atoms. The summed E-state index contributed by atoms with van der Waals surface area (Å²) in [5.74, 6) is -0.110. The fourth-order valence-electron chi connectivity index (χ4n) is 4.44. The maximum absolute atomic E-state index is 14.1. The molecule has 0 radical (unpaired) electrons. The molecule has 3 aromatic rings. The van der Waals surface area contributed by atoms with Gasteiger partial charge in [0.1, 0.15) is 18.3 Å². The molecule has 220 valence electrons. The van der Waals surface area contributed by atoms with Gasteiger partial charge < -0.3 is 15.0 Å². The highest BCUT2D eigenvalue weighted by molar-refractivity contribution is 7.92. The molecule has 41 heavy (non-hydrogen) atoms. The zero-order valence-corrected chi connectivity index (χ0v) is 25.5. The fourth-order valence-corrected chi connectivity index (χ4v) is 6.05. The molecule has 3 rings (SSSR count). The molecule has 0 saturated carbocycles. The lowest BCUT2D eigenvalue weighted by molar-refractivity contribution is -0.140. The predicted octanol–water partition coefficient (Wildman–Crippen LogP) is 5.58. The van der Waals surface area contributed by atoms with Gasteiger partial charge in [0.2, 0.25) is 11.8 Å². The summed E-state index contributed by atoms with van der Waals surface area (Å²) >= 11 is 6.02. The number of carbonyl (C=O) groups excluding carboxylic acids is 2. The number of halogens is 1. The quantitative estimate of drug-likeness (QED) is 0.244. The van der Waals surface area contributed by atoms with Gasteiger partial charge in [0, 0.05) is 18.1 Å². The molecule has 8 nitrogen and oxygen atoms in total. The van der Waals surface area contributed by atoms with E-state index in [4.69, 9.17) is 16.3 Å². The van der Waals surface area contributed by atoms with Gasteiger partial charge in [-0.05, 0) is 73.4 Å². The average Bonchev–Trinajstić information content (AvgIpc) is 2.96. The number of hydrogen-bond donors (Lipinski definition) is 1. The molecule has 3 aromatic carbocycles. The highest BCUT2D eigenvalue weighted by Gasteiger charge is 2.34. The molecule has 0 spiro atoms. The summed E-state index contributed by atoms with van der Waals surface area (Å²) in [5.41, 5.74) is 1.84. The minimum atomic E-state index is -4.16. The van der Waals surface area contributed by atoms with Crippen LogP contribution in [0.2, 0.25) is 5.02 Å². The number of carbonyl (C=O) groups is 2. The monoisotopic (exact) mass is 599 g/mol. The standard InChI is InChI=1S/C31H38ClN3O5S/c1-5-7-20-33-31(37)28(6-2)34(21-24-12-16-26(40-4)17-13-24)30(36)22-35(29-11-9-8-10-23(29)3)41(38,39)27-18-14-25(32)15-19-27/h8-19,28H,5-7,20-22H2,1-4H3,(H,33,37). The van der Waals surface area contributed by atoms with Crippen molar-refractivity contribution in [1.29, 1.82) is 0 Å². The summed E-state index contributed by atoms with van der Waals surface area (Å²) in [4.78, 5) is 28.9. The molecule has 1 atom stereocenters. The topological polar surface area (TPSA) is 96.0 Å². The molecular weight excluding hydrogens is 562 g/mol. The van der Waals surface area contributed by atoms with Crippen LogP contribution in [0, 0.1) is 6.92 Å². The Hall–Kier alpha value is -3.56. The molecule has 10 heteroatoms. The average molecular weight is 600 g/mol. The molecule has 0 aromatic heterocycles. The van der Waals surface area contributed by atoms with Crippen molar-refractivity contribution >= 4 is 39.1 Å². The summed E-state index contributed by atoms with van der Waals surface area (Å²) in [5, 5.41) is 3.33. The van der Waals surface area contributed by atoms with Gasteiger partial charge in [0.15, 0.2) is 0 Å². The third-order valence-electron chi connectivity index (χ3n) is 6.79. The normalized spacial score (nSPS) is 11.9. The number of ether oxygens (including phenoxy) is 1. The van der Waals surface area contributed by atoms with Crippen LogP contribution in [0.15, 0.2) is 77.7 Å². The SMILES string of the molecule is CCCCNC(=O)C(CC)N(Cc1ccc(OC)cc1)C(=O)CN(c1ccccc1C)S(=O)(=O)c1ccc(Cl)cc1. The number of methoxy groups -OCH3 is 1. The Morgan fingerprint density at radius 3 is 2.22 bits per heavy atom. The van der Waals surface area contributed by atoms with Crippen molar-refractivity contribution in [1.82, 2.24) is 10.2 Å². The van der Waals surface area contributed by atoms with Gasteiger partial charge in [0.25, 0.3) is 10.0 Å². The molecule has 0 aliphatic carbocycles. The summed E-state index contributed by atoms with van der Waals surface area (Å²) in [7, 11) is -2.59. The number of hydrogen-bond acceptors (Lipinski definition) is 5. The van der Waals surface area contributed by atoms with Crippen LogP contribution in [0.3, 0.4) is 0 Å². The third-order valence-corrected chi connectivity index (χ3v) is 8.82. The van der Waals surface area contributed by atoms with Crippen LogP contribution in [-0.2, 0) is 26.2 Å². The van der Waals surface area contributed by atoms with Gasteiger partial charge >= 0.3 is 0 Å². The third kappa shape index (κ3) is 8.24. The van der Waals surface area contributed by atoms with Crippen molar-refractivity contribution in [2.24, 2.45) is 0 Å². The Labute approximate surface area is 248 Å². The highest BCUT2D eigenvalue weighted by Crippen LogP contribution is 2.28. The summed E-state index contributed by atoms with van der Waals surface area (Å²) in [6, 6.07) is 19.2. The molecule has 0 aliphatic rings. The molecule has 2 amide bonds. The van der Waals surface area contributed by atoms with Crippen LogP contribution >= 0.6 is 11.6 Å². The van der Waals surface area contributed by atoms with Crippen molar-refractivity contribution < 1.29 is 22.7 Å². The first-order valence-electron chi connectivity index (χ1n) is 13.7. The number of nitrogens with zero attached hydrogens (tertiary/aromatic N) is 2. The van der Waals surface area contributed by atoms with E-state index < -0.39 is 28.5 Å². The van der Waals surface area contributed by atoms with Crippen LogP contribution in [0.4, 0.5) is 5.69 Å². The molecule has 0 aliphatic heterocycles. The van der Waals surface area contributed by atoms with E-state index in [9.17, 15) is 18.0 Å². The van der Waals surface area contributed by atoms with Gasteiger partial charge in [-0.1, -0.05) is 62.2 Å². The molecule has 0 heterocycles. The van der Waals surface area contributed by atoms with Crippen LogP contribution in [0.25, 0.3) is 0 Å². The zero-order valence-electron chi connectivity index (χ0n) is 24.0. The lowest BCUT2D eigenvalue weighted by Gasteiger charge is -2.33. The number of benzene rings is 3. The van der Waals surface area contributed by atoms with E-state index in [0.717, 1.165) is 22.7 Å². The lowest BCUT2D eigenvalue weighted by Crippen LogP contribution is -2.52. The number of nitrogens with one attached hydrogen (secondary N) is 1. The van der Waals surface area contributed by atoms with Crippen molar-refractivity contribution in [3.63, 3.8) is 0 Å². The van der Waals surface area contributed by atoms with Gasteiger partial charge in [-0.3, -0.25) is 13.9 Å². The number of rotatable bonds is 14. The molecule has 0 saturated heterocycles. The Balaban J connectivity index is 2.04. The van der Waals surface area contributed by atoms with Crippen LogP contribution in [0.5, 0.6) is 5.75 Å². The molecular formula is C31H38ClN3O5S. The predicted molar refractivity (Wildman–Crippen MR) is 163 cm³/mol.